The summed E-state index contributed by atoms with van der Waals surface area (Å²) in [5, 5.41) is 3.47. The number of nitrogens with one attached hydrogen (secondary N) is 1. The number of allylic oxidation sites excluding steroid dienone is 5. The molecule has 1 saturated carbocycles. The Kier molecular flexibility index (Phi) is 6.67. The number of hydrogen-bond donors (Lipinski definition) is 1. The van der Waals surface area contributed by atoms with Gasteiger partial charge in [0.25, 0.3) is 0 Å². The molecule has 3 aliphatic heterocycles. The molecule has 1 spiro atoms. The van der Waals surface area contributed by atoms with Crippen LogP contribution in [0.15, 0.2) is 63.8 Å². The Balaban J connectivity index is 1.33. The van der Waals surface area contributed by atoms with Crippen LogP contribution in [-0.4, -0.2) is 28.6 Å². The molecule has 1 N–H and O–H groups in total. The maximum absolute atomic E-state index is 14.0. The van der Waals surface area contributed by atoms with Crippen molar-refractivity contribution in [2.24, 2.45) is 35.0 Å². The summed E-state index contributed by atoms with van der Waals surface area (Å²) in [4.78, 5) is 32.5. The van der Waals surface area contributed by atoms with Crippen molar-refractivity contribution in [3.05, 3.63) is 69.4 Å². The second kappa shape index (κ2) is 10.3. The highest BCUT2D eigenvalue weighted by atomic mass is 33.1. The Morgan fingerprint density at radius 1 is 1.14 bits per heavy atom. The molecule has 8 aliphatic rings. The molecule has 1 aromatic heterocycles. The predicted molar refractivity (Wildman–Crippen MR) is 166 cm³/mol. The summed E-state index contributed by atoms with van der Waals surface area (Å²) in [6.07, 6.45) is 12.7. The monoisotopic (exact) mass is 602 g/mol. The van der Waals surface area contributed by atoms with E-state index in [1.165, 1.54) is 22.3 Å². The second-order valence-electron chi connectivity index (χ2n) is 13.3. The highest BCUT2D eigenvalue weighted by molar-refractivity contribution is 8.76. The van der Waals surface area contributed by atoms with Crippen LogP contribution in [0.25, 0.3) is 0 Å². The number of ether oxygens (including phenoxy) is 2. The van der Waals surface area contributed by atoms with Gasteiger partial charge in [-0.15, -0.1) is 0 Å². The number of carbonyl (C=O) groups excluding carboxylic acids is 2. The van der Waals surface area contributed by atoms with E-state index in [0.29, 0.717) is 17.8 Å². The molecule has 6 atom stereocenters. The number of fused-ring (bicyclic) bond motifs is 3. The van der Waals surface area contributed by atoms with Crippen LogP contribution < -0.4 is 5.32 Å². The third-order valence-electron chi connectivity index (χ3n) is 11.0. The predicted octanol–water partition coefficient (Wildman–Crippen LogP) is 7.52. The number of carbonyl (C=O) groups is 2. The highest BCUT2D eigenvalue weighted by Crippen LogP contribution is 2.72. The Labute approximate surface area is 255 Å². The SMILES string of the molecule is CCCC1=C2OC(=O)C3=C2C(CC1)CC1C2CCC4(C5=CCC(C)CSSCNc6cc(ccn6)CC2=C4C(=O)O5)C31. The smallest absolute Gasteiger partial charge is 0.340 e. The van der Waals surface area contributed by atoms with Crippen LogP contribution in [0.2, 0.25) is 0 Å². The fraction of sp³-hybridized carbons (Fsp3) is 0.559. The van der Waals surface area contributed by atoms with E-state index in [-0.39, 0.29) is 23.8 Å². The number of rotatable bonds is 2. The van der Waals surface area contributed by atoms with E-state index in [0.717, 1.165) is 97.9 Å². The zero-order valence-electron chi connectivity index (χ0n) is 24.4. The van der Waals surface area contributed by atoms with Gasteiger partial charge >= 0.3 is 11.9 Å². The maximum atomic E-state index is 14.0. The van der Waals surface area contributed by atoms with Gasteiger partial charge in [-0.1, -0.05) is 47.4 Å². The van der Waals surface area contributed by atoms with Crippen molar-refractivity contribution in [1.82, 2.24) is 4.98 Å². The summed E-state index contributed by atoms with van der Waals surface area (Å²) in [5.41, 5.74) is 6.06. The Bertz CT molecular complexity index is 1510. The number of aromatic nitrogens is 1. The number of anilines is 1. The molecule has 1 saturated heterocycles. The van der Waals surface area contributed by atoms with Crippen LogP contribution in [0.3, 0.4) is 0 Å². The van der Waals surface area contributed by atoms with E-state index in [9.17, 15) is 9.59 Å². The van der Waals surface area contributed by atoms with E-state index in [4.69, 9.17) is 9.47 Å². The van der Waals surface area contributed by atoms with Crippen molar-refractivity contribution in [2.75, 3.05) is 16.9 Å². The van der Waals surface area contributed by atoms with Crippen molar-refractivity contribution in [3.63, 3.8) is 0 Å². The Hall–Kier alpha value is -2.45. The minimum atomic E-state index is -0.581. The lowest BCUT2D eigenvalue weighted by atomic mass is 9.43. The number of hydrogen-bond acceptors (Lipinski definition) is 8. The van der Waals surface area contributed by atoms with Gasteiger partial charge < -0.3 is 14.8 Å². The van der Waals surface area contributed by atoms with Gasteiger partial charge in [0.05, 0.1) is 16.9 Å². The first-order valence-corrected chi connectivity index (χ1v) is 18.3. The number of esters is 2. The van der Waals surface area contributed by atoms with Crippen molar-refractivity contribution in [3.8, 4) is 0 Å². The van der Waals surface area contributed by atoms with Gasteiger partial charge in [0.15, 0.2) is 0 Å². The first-order chi connectivity index (χ1) is 20.5. The molecule has 7 bridgehead atoms. The van der Waals surface area contributed by atoms with Crippen LogP contribution in [-0.2, 0) is 25.5 Å². The normalized spacial score (nSPS) is 35.4. The zero-order valence-corrected chi connectivity index (χ0v) is 26.0. The van der Waals surface area contributed by atoms with E-state index >= 15 is 0 Å². The third-order valence-corrected chi connectivity index (χ3v) is 13.3. The summed E-state index contributed by atoms with van der Waals surface area (Å²) < 4.78 is 12.5. The molecule has 1 aromatic rings. The first-order valence-electron chi connectivity index (χ1n) is 15.8. The molecule has 0 amide bonds. The summed E-state index contributed by atoms with van der Waals surface area (Å²) in [6, 6.07) is 4.22. The summed E-state index contributed by atoms with van der Waals surface area (Å²) >= 11 is 0. The molecule has 6 nitrogen and oxygen atoms in total. The average molecular weight is 603 g/mol. The minimum absolute atomic E-state index is 0.0567. The van der Waals surface area contributed by atoms with Gasteiger partial charge in [0.2, 0.25) is 0 Å². The molecule has 2 fully saturated rings. The van der Waals surface area contributed by atoms with Gasteiger partial charge in [0.1, 0.15) is 17.3 Å². The van der Waals surface area contributed by atoms with Crippen LogP contribution in [0.5, 0.6) is 0 Å². The standard InChI is InChI=1S/C34H38N2O4S2/c1-3-4-20-6-7-21-15-24-22-9-11-34(29(24)28-27(21)31(20)40-32(28)37)25-8-5-18(2)16-41-42-17-36-26-14-19(10-12-35-26)13-23(22)30(34)33(38)39-25/h8,10,12,14,18,21-22,24,29H,3-7,9,11,13,15-17H2,1-2H3,(H,35,36). The first kappa shape index (κ1) is 27.1. The quantitative estimate of drug-likeness (QED) is 0.275. The molecule has 5 aliphatic carbocycles. The van der Waals surface area contributed by atoms with Gasteiger partial charge in [-0.2, -0.15) is 0 Å². The molecule has 9 rings (SSSR count). The molecule has 8 heteroatoms. The second-order valence-corrected chi connectivity index (χ2v) is 15.8. The van der Waals surface area contributed by atoms with Crippen LogP contribution in [0.1, 0.15) is 70.8 Å². The van der Waals surface area contributed by atoms with Gasteiger partial charge in [-0.05, 0) is 104 Å². The molecule has 4 heterocycles. The van der Waals surface area contributed by atoms with Crippen LogP contribution in [0.4, 0.5) is 5.82 Å². The molecule has 0 radical (unpaired) electrons. The summed E-state index contributed by atoms with van der Waals surface area (Å²) in [5.74, 6) is 5.32. The minimum Gasteiger partial charge on any atom is -0.427 e. The molecule has 42 heavy (non-hydrogen) atoms. The summed E-state index contributed by atoms with van der Waals surface area (Å²) in [6.45, 7) is 4.46. The van der Waals surface area contributed by atoms with E-state index in [1.54, 1.807) is 0 Å². The topological polar surface area (TPSA) is 77.5 Å². The van der Waals surface area contributed by atoms with Crippen LogP contribution >= 0.6 is 21.6 Å². The molecular formula is C34H38N2O4S2. The maximum Gasteiger partial charge on any atom is 0.340 e. The molecule has 220 valence electrons. The zero-order chi connectivity index (χ0) is 28.6. The van der Waals surface area contributed by atoms with Crippen LogP contribution in [0, 0.1) is 35.0 Å². The van der Waals surface area contributed by atoms with E-state index in [2.05, 4.69) is 42.4 Å². The van der Waals surface area contributed by atoms with Gasteiger partial charge in [-0.3, -0.25) is 0 Å². The van der Waals surface area contributed by atoms with Gasteiger partial charge in [-0.25, -0.2) is 14.6 Å². The lowest BCUT2D eigenvalue weighted by Gasteiger charge is -2.57. The van der Waals surface area contributed by atoms with Gasteiger partial charge in [0, 0.05) is 29.0 Å². The fourth-order valence-electron chi connectivity index (χ4n) is 9.39. The average Bonchev–Trinajstić information content (AvgIpc) is 3.48. The van der Waals surface area contributed by atoms with Crippen molar-refractivity contribution < 1.29 is 19.1 Å². The highest BCUT2D eigenvalue weighted by Gasteiger charge is 2.69. The van der Waals surface area contributed by atoms with Crippen molar-refractivity contribution in [2.45, 2.75) is 71.6 Å². The lowest BCUT2D eigenvalue weighted by molar-refractivity contribution is -0.135. The molecule has 0 aromatic carbocycles. The Morgan fingerprint density at radius 3 is 2.93 bits per heavy atom. The van der Waals surface area contributed by atoms with E-state index in [1.807, 2.05) is 27.8 Å². The number of pyridine rings is 1. The van der Waals surface area contributed by atoms with Crippen molar-refractivity contribution in [1.29, 1.82) is 0 Å². The van der Waals surface area contributed by atoms with E-state index < -0.39 is 5.41 Å². The fourth-order valence-corrected chi connectivity index (χ4v) is 11.6. The molecule has 6 unspecified atom stereocenters. The molecular weight excluding hydrogens is 565 g/mol. The summed E-state index contributed by atoms with van der Waals surface area (Å²) in [7, 11) is 3.68. The number of nitrogens with zero attached hydrogens (tertiary/aromatic N) is 1. The van der Waals surface area contributed by atoms with Crippen molar-refractivity contribution >= 4 is 39.3 Å². The third kappa shape index (κ3) is 3.96. The Morgan fingerprint density at radius 2 is 2.05 bits per heavy atom. The lowest BCUT2D eigenvalue weighted by Crippen LogP contribution is -2.53. The largest absolute Gasteiger partial charge is 0.427 e.